The van der Waals surface area contributed by atoms with Crippen LogP contribution >= 0.6 is 11.6 Å². The molecule has 1 aliphatic heterocycles. The van der Waals surface area contributed by atoms with Crippen LogP contribution in [0.1, 0.15) is 26.2 Å². The van der Waals surface area contributed by atoms with Gasteiger partial charge in [0, 0.05) is 19.3 Å². The number of piperidine rings is 1. The summed E-state index contributed by atoms with van der Waals surface area (Å²) in [7, 11) is 0. The maximum atomic E-state index is 12.3. The van der Waals surface area contributed by atoms with Crippen LogP contribution in [0.5, 0.6) is 0 Å². The van der Waals surface area contributed by atoms with Crippen LogP contribution in [0.2, 0.25) is 5.02 Å². The van der Waals surface area contributed by atoms with Crippen LogP contribution in [-0.2, 0) is 9.59 Å². The highest BCUT2D eigenvalue weighted by Gasteiger charge is 2.26. The molecule has 23 heavy (non-hydrogen) atoms. The molecule has 0 spiro atoms. The highest BCUT2D eigenvalue weighted by molar-refractivity contribution is 6.30. The first kappa shape index (κ1) is 17.7. The van der Waals surface area contributed by atoms with Crippen LogP contribution in [-0.4, -0.2) is 47.9 Å². The lowest BCUT2D eigenvalue weighted by atomic mass is 9.97. The number of hydrogen-bond acceptors (Lipinski definition) is 4. The van der Waals surface area contributed by atoms with Crippen LogP contribution in [0.4, 0.5) is 5.82 Å². The Kier molecular flexibility index (Phi) is 6.80. The van der Waals surface area contributed by atoms with Crippen molar-refractivity contribution in [3.8, 4) is 0 Å². The number of aromatic nitrogens is 1. The average Bonchev–Trinajstić information content (AvgIpc) is 2.55. The Morgan fingerprint density at radius 3 is 2.96 bits per heavy atom. The summed E-state index contributed by atoms with van der Waals surface area (Å²) in [6, 6.07) is 3.37. The maximum absolute atomic E-state index is 12.3. The Morgan fingerprint density at radius 2 is 2.26 bits per heavy atom. The molecule has 1 aromatic heterocycles. The molecule has 2 rings (SSSR count). The largest absolute Gasteiger partial charge is 0.355 e. The highest BCUT2D eigenvalue weighted by atomic mass is 35.5. The standard InChI is InChI=1S/C16H23ClN4O2/c1-2-7-18-15(22)11-21-8-3-4-12(10-21)16(23)20-14-6-5-13(17)9-19-14/h5-6,9,12H,2-4,7-8,10-11H2,1H3,(H,18,22)(H,19,20,23). The van der Waals surface area contributed by atoms with E-state index in [2.05, 4.69) is 15.6 Å². The number of pyridine rings is 1. The van der Waals surface area contributed by atoms with Crippen LogP contribution in [0.15, 0.2) is 18.3 Å². The van der Waals surface area contributed by atoms with Gasteiger partial charge in [-0.3, -0.25) is 14.5 Å². The molecule has 1 saturated heterocycles. The number of rotatable bonds is 6. The van der Waals surface area contributed by atoms with Crippen LogP contribution in [0.25, 0.3) is 0 Å². The van der Waals surface area contributed by atoms with E-state index in [1.54, 1.807) is 12.1 Å². The zero-order chi connectivity index (χ0) is 16.7. The number of carbonyl (C=O) groups is 2. The summed E-state index contributed by atoms with van der Waals surface area (Å²) in [5, 5.41) is 6.21. The van der Waals surface area contributed by atoms with Gasteiger partial charge in [0.05, 0.1) is 17.5 Å². The Bertz CT molecular complexity index is 535. The van der Waals surface area contributed by atoms with Crippen molar-refractivity contribution >= 4 is 29.2 Å². The van der Waals surface area contributed by atoms with Gasteiger partial charge < -0.3 is 10.6 Å². The minimum absolute atomic E-state index is 0.0206. The van der Waals surface area contributed by atoms with Crippen LogP contribution < -0.4 is 10.6 Å². The van der Waals surface area contributed by atoms with E-state index in [9.17, 15) is 9.59 Å². The number of likely N-dealkylation sites (tertiary alicyclic amines) is 1. The molecule has 1 atom stereocenters. The molecule has 7 heteroatoms. The minimum Gasteiger partial charge on any atom is -0.355 e. The summed E-state index contributed by atoms with van der Waals surface area (Å²) in [4.78, 5) is 30.2. The molecule has 1 unspecified atom stereocenters. The van der Waals surface area contributed by atoms with Gasteiger partial charge in [-0.2, -0.15) is 0 Å². The Balaban J connectivity index is 1.83. The van der Waals surface area contributed by atoms with E-state index in [0.717, 1.165) is 25.8 Å². The molecular formula is C16H23ClN4O2. The number of halogens is 1. The third-order valence-electron chi connectivity index (χ3n) is 3.79. The second-order valence-corrected chi connectivity index (χ2v) is 6.21. The second-order valence-electron chi connectivity index (χ2n) is 5.78. The van der Waals surface area contributed by atoms with Crippen molar-refractivity contribution in [3.05, 3.63) is 23.4 Å². The van der Waals surface area contributed by atoms with Crippen molar-refractivity contribution in [2.45, 2.75) is 26.2 Å². The molecule has 2 amide bonds. The zero-order valence-corrected chi connectivity index (χ0v) is 14.1. The fourth-order valence-corrected chi connectivity index (χ4v) is 2.73. The average molecular weight is 339 g/mol. The molecule has 0 radical (unpaired) electrons. The smallest absolute Gasteiger partial charge is 0.234 e. The fourth-order valence-electron chi connectivity index (χ4n) is 2.61. The summed E-state index contributed by atoms with van der Waals surface area (Å²) < 4.78 is 0. The maximum Gasteiger partial charge on any atom is 0.234 e. The van der Waals surface area contributed by atoms with E-state index in [-0.39, 0.29) is 17.7 Å². The van der Waals surface area contributed by atoms with Gasteiger partial charge in [-0.1, -0.05) is 18.5 Å². The zero-order valence-electron chi connectivity index (χ0n) is 13.3. The third kappa shape index (κ3) is 5.80. The van der Waals surface area contributed by atoms with Crippen LogP contribution in [0.3, 0.4) is 0 Å². The molecule has 0 saturated carbocycles. The summed E-state index contributed by atoms with van der Waals surface area (Å²) in [5.41, 5.74) is 0. The van der Waals surface area contributed by atoms with E-state index in [1.807, 2.05) is 11.8 Å². The summed E-state index contributed by atoms with van der Waals surface area (Å²) in [6.45, 7) is 4.51. The van der Waals surface area contributed by atoms with Gasteiger partial charge in [-0.25, -0.2) is 4.98 Å². The Hall–Kier alpha value is -1.66. The van der Waals surface area contributed by atoms with Crippen molar-refractivity contribution in [2.24, 2.45) is 5.92 Å². The third-order valence-corrected chi connectivity index (χ3v) is 4.02. The number of hydrogen-bond donors (Lipinski definition) is 2. The summed E-state index contributed by atoms with van der Waals surface area (Å²) in [6.07, 6.45) is 4.16. The number of nitrogens with zero attached hydrogens (tertiary/aromatic N) is 2. The predicted molar refractivity (Wildman–Crippen MR) is 90.3 cm³/mol. The summed E-state index contributed by atoms with van der Waals surface area (Å²) >= 11 is 5.78. The van der Waals surface area contributed by atoms with Gasteiger partial charge in [-0.15, -0.1) is 0 Å². The lowest BCUT2D eigenvalue weighted by Crippen LogP contribution is -2.45. The van der Waals surface area contributed by atoms with E-state index in [0.29, 0.717) is 30.5 Å². The Morgan fingerprint density at radius 1 is 1.43 bits per heavy atom. The fraction of sp³-hybridized carbons (Fsp3) is 0.562. The molecule has 2 N–H and O–H groups in total. The Labute approximate surface area is 141 Å². The molecule has 2 heterocycles. The first-order valence-corrected chi connectivity index (χ1v) is 8.37. The van der Waals surface area contributed by atoms with E-state index < -0.39 is 0 Å². The molecular weight excluding hydrogens is 316 g/mol. The van der Waals surface area contributed by atoms with Crippen molar-refractivity contribution in [1.82, 2.24) is 15.2 Å². The topological polar surface area (TPSA) is 74.3 Å². The van der Waals surface area contributed by atoms with Gasteiger partial charge in [0.15, 0.2) is 0 Å². The monoisotopic (exact) mass is 338 g/mol. The molecule has 0 aliphatic carbocycles. The molecule has 0 aromatic carbocycles. The van der Waals surface area contributed by atoms with Crippen LogP contribution in [0, 0.1) is 5.92 Å². The minimum atomic E-state index is -0.125. The van der Waals surface area contributed by atoms with Crippen molar-refractivity contribution in [1.29, 1.82) is 0 Å². The molecule has 6 nitrogen and oxygen atoms in total. The van der Waals surface area contributed by atoms with Gasteiger partial charge in [0.2, 0.25) is 11.8 Å². The van der Waals surface area contributed by atoms with Crippen molar-refractivity contribution < 1.29 is 9.59 Å². The first-order chi connectivity index (χ1) is 11.1. The normalized spacial score (nSPS) is 18.4. The molecule has 1 aliphatic rings. The number of nitrogens with one attached hydrogen (secondary N) is 2. The van der Waals surface area contributed by atoms with Gasteiger partial charge in [0.1, 0.15) is 5.82 Å². The number of amides is 2. The lowest BCUT2D eigenvalue weighted by molar-refractivity contribution is -0.125. The van der Waals surface area contributed by atoms with E-state index in [1.165, 1.54) is 6.20 Å². The van der Waals surface area contributed by atoms with Gasteiger partial charge >= 0.3 is 0 Å². The second kappa shape index (κ2) is 8.84. The van der Waals surface area contributed by atoms with E-state index >= 15 is 0 Å². The molecule has 126 valence electrons. The molecule has 0 bridgehead atoms. The molecule has 1 aromatic rings. The van der Waals surface area contributed by atoms with Gasteiger partial charge in [-0.05, 0) is 37.9 Å². The first-order valence-electron chi connectivity index (χ1n) is 8.00. The number of carbonyl (C=O) groups excluding carboxylic acids is 2. The predicted octanol–water partition coefficient (Wildman–Crippen LogP) is 1.91. The number of anilines is 1. The highest BCUT2D eigenvalue weighted by Crippen LogP contribution is 2.18. The SMILES string of the molecule is CCCNC(=O)CN1CCCC(C(=O)Nc2ccc(Cl)cn2)C1. The van der Waals surface area contributed by atoms with Crippen molar-refractivity contribution in [3.63, 3.8) is 0 Å². The van der Waals surface area contributed by atoms with Crippen molar-refractivity contribution in [2.75, 3.05) is 31.5 Å². The lowest BCUT2D eigenvalue weighted by Gasteiger charge is -2.31. The molecule has 1 fully saturated rings. The van der Waals surface area contributed by atoms with E-state index in [4.69, 9.17) is 11.6 Å². The summed E-state index contributed by atoms with van der Waals surface area (Å²) in [5.74, 6) is 0.336. The quantitative estimate of drug-likeness (QED) is 0.831. The van der Waals surface area contributed by atoms with Gasteiger partial charge in [0.25, 0.3) is 0 Å².